The minimum absolute atomic E-state index is 0.359. The van der Waals surface area contributed by atoms with Gasteiger partial charge in [0, 0.05) is 18.7 Å². The summed E-state index contributed by atoms with van der Waals surface area (Å²) < 4.78 is 0.689. The van der Waals surface area contributed by atoms with Gasteiger partial charge in [-0.05, 0) is 12.0 Å². The molecule has 0 atom stereocenters. The second-order valence-electron chi connectivity index (χ2n) is 2.55. The van der Waals surface area contributed by atoms with Crippen LogP contribution in [0.1, 0.15) is 5.56 Å². The highest BCUT2D eigenvalue weighted by Crippen LogP contribution is 1.94. The Balaban J connectivity index is 2.37. The summed E-state index contributed by atoms with van der Waals surface area (Å²) in [6.07, 6.45) is 2.33. The second-order valence-corrected chi connectivity index (χ2v) is 2.55. The van der Waals surface area contributed by atoms with Crippen LogP contribution in [0, 0.1) is 5.21 Å². The summed E-state index contributed by atoms with van der Waals surface area (Å²) in [5, 5.41) is 21.1. The first-order valence-corrected chi connectivity index (χ1v) is 3.83. The number of carbonyl (C=O) groups is 1. The van der Waals surface area contributed by atoms with Crippen molar-refractivity contribution in [1.82, 2.24) is 5.32 Å². The quantitative estimate of drug-likeness (QED) is 0.515. The summed E-state index contributed by atoms with van der Waals surface area (Å²) in [4.78, 5) is 10.1. The van der Waals surface area contributed by atoms with Crippen molar-refractivity contribution in [3.05, 3.63) is 35.3 Å². The molecule has 0 aliphatic heterocycles. The lowest BCUT2D eigenvalue weighted by atomic mass is 10.2. The lowest BCUT2D eigenvalue weighted by Gasteiger charge is -2.00. The predicted molar refractivity (Wildman–Crippen MR) is 45.1 cm³/mol. The highest BCUT2D eigenvalue weighted by Gasteiger charge is 1.96. The Morgan fingerprint density at radius 2 is 2.15 bits per heavy atom. The third kappa shape index (κ3) is 3.42. The zero-order valence-electron chi connectivity index (χ0n) is 6.93. The lowest BCUT2D eigenvalue weighted by Crippen LogP contribution is -2.25. The van der Waals surface area contributed by atoms with Crippen LogP contribution >= 0.6 is 0 Å². The maximum Gasteiger partial charge on any atom is 0.404 e. The van der Waals surface area contributed by atoms with Gasteiger partial charge in [-0.25, -0.2) is 4.79 Å². The third-order valence-electron chi connectivity index (χ3n) is 1.56. The van der Waals surface area contributed by atoms with E-state index in [1.54, 1.807) is 12.1 Å². The zero-order chi connectivity index (χ0) is 9.68. The molecule has 0 saturated carbocycles. The van der Waals surface area contributed by atoms with Gasteiger partial charge in [-0.15, -0.1) is 0 Å². The van der Waals surface area contributed by atoms with E-state index in [9.17, 15) is 10.0 Å². The molecular weight excluding hydrogens is 172 g/mol. The fourth-order valence-corrected chi connectivity index (χ4v) is 0.924. The number of carboxylic acid groups (broad SMARTS) is 1. The Bertz CT molecular complexity index is 284. The van der Waals surface area contributed by atoms with Crippen LogP contribution in [0.15, 0.2) is 24.5 Å². The van der Waals surface area contributed by atoms with E-state index in [4.69, 9.17) is 5.11 Å². The van der Waals surface area contributed by atoms with Crippen molar-refractivity contribution in [2.45, 2.75) is 6.42 Å². The van der Waals surface area contributed by atoms with Crippen LogP contribution in [0.4, 0.5) is 4.79 Å². The van der Waals surface area contributed by atoms with Gasteiger partial charge in [-0.3, -0.25) is 0 Å². The van der Waals surface area contributed by atoms with Crippen LogP contribution in [-0.2, 0) is 6.42 Å². The second kappa shape index (κ2) is 4.30. The summed E-state index contributed by atoms with van der Waals surface area (Å²) in [6, 6.07) is 3.33. The Morgan fingerprint density at radius 3 is 2.69 bits per heavy atom. The van der Waals surface area contributed by atoms with Gasteiger partial charge >= 0.3 is 6.09 Å². The van der Waals surface area contributed by atoms with E-state index in [0.717, 1.165) is 5.56 Å². The predicted octanol–water partition coefficient (Wildman–Crippen LogP) is 0.130. The normalized spacial score (nSPS) is 9.54. The molecule has 0 aliphatic carbocycles. The van der Waals surface area contributed by atoms with E-state index in [1.807, 2.05) is 0 Å². The summed E-state index contributed by atoms with van der Waals surface area (Å²) in [5.74, 6) is 0. The molecular formula is C8H10N2O3. The van der Waals surface area contributed by atoms with Crippen molar-refractivity contribution < 1.29 is 14.6 Å². The van der Waals surface area contributed by atoms with E-state index in [-0.39, 0.29) is 0 Å². The maximum absolute atomic E-state index is 10.6. The fourth-order valence-electron chi connectivity index (χ4n) is 0.924. The summed E-state index contributed by atoms with van der Waals surface area (Å²) in [6.45, 7) is 0.359. The van der Waals surface area contributed by atoms with Crippen LogP contribution in [-0.4, -0.2) is 17.7 Å². The van der Waals surface area contributed by atoms with Gasteiger partial charge in [0.1, 0.15) is 0 Å². The molecule has 1 aromatic heterocycles. The highest BCUT2D eigenvalue weighted by molar-refractivity contribution is 5.64. The van der Waals surface area contributed by atoms with Crippen molar-refractivity contribution in [2.24, 2.45) is 0 Å². The molecule has 5 nitrogen and oxygen atoms in total. The third-order valence-corrected chi connectivity index (χ3v) is 1.56. The Hall–Kier alpha value is -1.78. The molecule has 70 valence electrons. The first-order chi connectivity index (χ1) is 6.18. The number of nitrogens with one attached hydrogen (secondary N) is 1. The van der Waals surface area contributed by atoms with Gasteiger partial charge in [0.05, 0.1) is 0 Å². The summed E-state index contributed by atoms with van der Waals surface area (Å²) in [5.41, 5.74) is 0.931. The van der Waals surface area contributed by atoms with Crippen molar-refractivity contribution >= 4 is 6.09 Å². The zero-order valence-corrected chi connectivity index (χ0v) is 6.93. The van der Waals surface area contributed by atoms with Crippen LogP contribution in [0.2, 0.25) is 0 Å². The molecule has 0 bridgehead atoms. The molecule has 0 aliphatic rings. The van der Waals surface area contributed by atoms with Gasteiger partial charge in [0.25, 0.3) is 0 Å². The number of hydrogen-bond acceptors (Lipinski definition) is 2. The number of hydrogen-bond donors (Lipinski definition) is 2. The average Bonchev–Trinajstić information content (AvgIpc) is 2.08. The largest absolute Gasteiger partial charge is 0.619 e. The number of rotatable bonds is 3. The van der Waals surface area contributed by atoms with Gasteiger partial charge in [-0.1, -0.05) is 0 Å². The highest BCUT2D eigenvalue weighted by atomic mass is 16.5. The van der Waals surface area contributed by atoms with E-state index in [1.165, 1.54) is 12.4 Å². The summed E-state index contributed by atoms with van der Waals surface area (Å²) in [7, 11) is 0. The SMILES string of the molecule is O=C(O)NCCc1cc[n+]([O-])cc1. The molecule has 2 N–H and O–H groups in total. The van der Waals surface area contributed by atoms with Crippen LogP contribution in [0.5, 0.6) is 0 Å². The first kappa shape index (κ1) is 9.31. The number of pyridine rings is 1. The van der Waals surface area contributed by atoms with E-state index in [2.05, 4.69) is 5.32 Å². The molecule has 1 amide bonds. The van der Waals surface area contributed by atoms with E-state index < -0.39 is 6.09 Å². The van der Waals surface area contributed by atoms with Gasteiger partial charge in [0.15, 0.2) is 12.4 Å². The molecule has 0 unspecified atom stereocenters. The van der Waals surface area contributed by atoms with Gasteiger partial charge < -0.3 is 15.6 Å². The first-order valence-electron chi connectivity index (χ1n) is 3.83. The van der Waals surface area contributed by atoms with Crippen molar-refractivity contribution in [1.29, 1.82) is 0 Å². The average molecular weight is 182 g/mol. The van der Waals surface area contributed by atoms with Crippen LogP contribution < -0.4 is 10.0 Å². The van der Waals surface area contributed by atoms with E-state index >= 15 is 0 Å². The van der Waals surface area contributed by atoms with Crippen LogP contribution in [0.25, 0.3) is 0 Å². The standard InChI is InChI=1S/C8H10N2O3/c11-8(12)9-4-1-7-2-5-10(13)6-3-7/h2-3,5-6,9H,1,4H2,(H,11,12). The minimum Gasteiger partial charge on any atom is -0.619 e. The molecule has 0 aromatic carbocycles. The topological polar surface area (TPSA) is 76.3 Å². The number of amides is 1. The van der Waals surface area contributed by atoms with Crippen LogP contribution in [0.3, 0.4) is 0 Å². The summed E-state index contributed by atoms with van der Waals surface area (Å²) >= 11 is 0. The lowest BCUT2D eigenvalue weighted by molar-refractivity contribution is -0.605. The molecule has 0 fully saturated rings. The molecule has 0 radical (unpaired) electrons. The Kier molecular flexibility index (Phi) is 3.08. The monoisotopic (exact) mass is 182 g/mol. The number of nitrogens with zero attached hydrogens (tertiary/aromatic N) is 1. The smallest absolute Gasteiger partial charge is 0.404 e. The van der Waals surface area contributed by atoms with Gasteiger partial charge in [0.2, 0.25) is 0 Å². The van der Waals surface area contributed by atoms with Gasteiger partial charge in [-0.2, -0.15) is 4.73 Å². The molecule has 1 rings (SSSR count). The van der Waals surface area contributed by atoms with E-state index in [0.29, 0.717) is 17.7 Å². The molecule has 0 saturated heterocycles. The van der Waals surface area contributed by atoms with Crippen molar-refractivity contribution in [3.8, 4) is 0 Å². The number of aromatic nitrogens is 1. The maximum atomic E-state index is 10.6. The Morgan fingerprint density at radius 1 is 1.54 bits per heavy atom. The molecule has 1 aromatic rings. The minimum atomic E-state index is -1.03. The Labute approximate surface area is 75.2 Å². The molecule has 0 spiro atoms. The fraction of sp³-hybridized carbons (Fsp3) is 0.250. The van der Waals surface area contributed by atoms with Crippen molar-refractivity contribution in [2.75, 3.05) is 6.54 Å². The molecule has 5 heteroatoms. The van der Waals surface area contributed by atoms with Crippen molar-refractivity contribution in [3.63, 3.8) is 0 Å². The molecule has 1 heterocycles. The molecule has 13 heavy (non-hydrogen) atoms.